The van der Waals surface area contributed by atoms with Gasteiger partial charge < -0.3 is 21.3 Å². The van der Waals surface area contributed by atoms with Crippen LogP contribution >= 0.6 is 24.8 Å². The van der Waals surface area contributed by atoms with Gasteiger partial charge in [-0.1, -0.05) is 19.3 Å². The summed E-state index contributed by atoms with van der Waals surface area (Å²) >= 11 is 0. The molecule has 6 nitrogen and oxygen atoms in total. The third-order valence-corrected chi connectivity index (χ3v) is 3.84. The number of nitrogens with zero attached hydrogens (tertiary/aromatic N) is 1. The van der Waals surface area contributed by atoms with Crippen LogP contribution in [0.25, 0.3) is 0 Å². The first-order valence-electron chi connectivity index (χ1n) is 7.57. The summed E-state index contributed by atoms with van der Waals surface area (Å²) in [5, 5.41) is 5.25. The van der Waals surface area contributed by atoms with Crippen molar-refractivity contribution in [2.75, 3.05) is 33.2 Å². The van der Waals surface area contributed by atoms with E-state index in [1.165, 1.54) is 32.1 Å². The minimum absolute atomic E-state index is 0. The molecule has 0 bridgehead atoms. The highest BCUT2D eigenvalue weighted by atomic mass is 35.5. The molecule has 132 valence electrons. The van der Waals surface area contributed by atoms with Gasteiger partial charge in [0, 0.05) is 12.6 Å². The van der Waals surface area contributed by atoms with Gasteiger partial charge in [-0.15, -0.1) is 24.8 Å². The number of amides is 2. The molecule has 0 atom stereocenters. The summed E-state index contributed by atoms with van der Waals surface area (Å²) in [6.07, 6.45) is 7.58. The smallest absolute Gasteiger partial charge is 0.239 e. The summed E-state index contributed by atoms with van der Waals surface area (Å²) in [6, 6.07) is 0.711. The van der Waals surface area contributed by atoms with Crippen molar-refractivity contribution in [1.82, 2.24) is 15.5 Å². The molecule has 8 heteroatoms. The standard InChI is InChI=1S/C14H28N4O2.2ClH/c1-18(12-6-3-2-4-7-12)9-5-8-16-14(20)11-17-13(19)10-15;;/h12H,2-11,15H2,1H3,(H,16,20)(H,17,19);2*1H. The van der Waals surface area contributed by atoms with Gasteiger partial charge in [-0.2, -0.15) is 0 Å². The van der Waals surface area contributed by atoms with Crippen molar-refractivity contribution < 1.29 is 9.59 Å². The van der Waals surface area contributed by atoms with Gasteiger partial charge in [0.15, 0.2) is 0 Å². The molecule has 2 amide bonds. The molecule has 1 saturated carbocycles. The molecule has 1 aliphatic carbocycles. The topological polar surface area (TPSA) is 87.5 Å². The number of nitrogens with two attached hydrogens (primary N) is 1. The minimum atomic E-state index is -0.308. The number of carbonyl (C=O) groups excluding carboxylic acids is 2. The molecule has 22 heavy (non-hydrogen) atoms. The zero-order valence-electron chi connectivity index (χ0n) is 13.3. The summed E-state index contributed by atoms with van der Waals surface area (Å²) in [5.74, 6) is -0.468. The highest BCUT2D eigenvalue weighted by Gasteiger charge is 2.17. The maximum absolute atomic E-state index is 11.4. The summed E-state index contributed by atoms with van der Waals surface area (Å²) < 4.78 is 0. The van der Waals surface area contributed by atoms with E-state index in [0.29, 0.717) is 12.6 Å². The molecular weight excluding hydrogens is 327 g/mol. The normalized spacial score (nSPS) is 14.7. The number of hydrogen-bond acceptors (Lipinski definition) is 4. The van der Waals surface area contributed by atoms with Crippen LogP contribution in [0.4, 0.5) is 0 Å². The maximum atomic E-state index is 11.4. The molecule has 0 aliphatic heterocycles. The fourth-order valence-corrected chi connectivity index (χ4v) is 2.57. The fraction of sp³-hybridized carbons (Fsp3) is 0.857. The third kappa shape index (κ3) is 10.2. The van der Waals surface area contributed by atoms with Crippen LogP contribution in [-0.4, -0.2) is 56.0 Å². The van der Waals surface area contributed by atoms with Crippen molar-refractivity contribution in [3.63, 3.8) is 0 Å². The Balaban J connectivity index is 0. The van der Waals surface area contributed by atoms with Crippen LogP contribution in [0.1, 0.15) is 38.5 Å². The molecule has 0 spiro atoms. The average molecular weight is 357 g/mol. The van der Waals surface area contributed by atoms with Gasteiger partial charge in [0.2, 0.25) is 11.8 Å². The Morgan fingerprint density at radius 1 is 1.09 bits per heavy atom. The summed E-state index contributed by atoms with van der Waals surface area (Å²) in [5.41, 5.74) is 5.13. The van der Waals surface area contributed by atoms with Crippen LogP contribution in [0.5, 0.6) is 0 Å². The highest BCUT2D eigenvalue weighted by molar-refractivity contribution is 5.86. The lowest BCUT2D eigenvalue weighted by atomic mass is 9.94. The molecule has 0 saturated heterocycles. The number of halogens is 2. The van der Waals surface area contributed by atoms with Gasteiger partial charge in [-0.25, -0.2) is 0 Å². The minimum Gasteiger partial charge on any atom is -0.355 e. The van der Waals surface area contributed by atoms with E-state index >= 15 is 0 Å². The number of nitrogens with one attached hydrogen (secondary N) is 2. The van der Waals surface area contributed by atoms with Crippen molar-refractivity contribution in [3.05, 3.63) is 0 Å². The summed E-state index contributed by atoms with van der Waals surface area (Å²) in [6.45, 7) is 1.57. The molecule has 0 aromatic heterocycles. The van der Waals surface area contributed by atoms with Gasteiger partial charge >= 0.3 is 0 Å². The van der Waals surface area contributed by atoms with E-state index in [1.807, 2.05) is 0 Å². The first-order chi connectivity index (χ1) is 9.63. The zero-order valence-corrected chi connectivity index (χ0v) is 14.9. The van der Waals surface area contributed by atoms with Crippen molar-refractivity contribution in [2.45, 2.75) is 44.6 Å². The molecule has 0 radical (unpaired) electrons. The van der Waals surface area contributed by atoms with Crippen molar-refractivity contribution in [2.24, 2.45) is 5.73 Å². The quantitative estimate of drug-likeness (QED) is 0.558. The Morgan fingerprint density at radius 3 is 2.32 bits per heavy atom. The molecule has 0 heterocycles. The Morgan fingerprint density at radius 2 is 1.73 bits per heavy atom. The maximum Gasteiger partial charge on any atom is 0.239 e. The van der Waals surface area contributed by atoms with Gasteiger partial charge in [0.1, 0.15) is 0 Å². The fourth-order valence-electron chi connectivity index (χ4n) is 2.57. The molecule has 0 aromatic carbocycles. The van der Waals surface area contributed by atoms with Crippen LogP contribution < -0.4 is 16.4 Å². The Labute approximate surface area is 145 Å². The van der Waals surface area contributed by atoms with Crippen LogP contribution in [0.3, 0.4) is 0 Å². The monoisotopic (exact) mass is 356 g/mol. The summed E-state index contributed by atoms with van der Waals surface area (Å²) in [4.78, 5) is 24.7. The predicted octanol–water partition coefficient (Wildman–Crippen LogP) is 0.676. The van der Waals surface area contributed by atoms with E-state index in [4.69, 9.17) is 5.73 Å². The molecule has 0 unspecified atom stereocenters. The Hall–Kier alpha value is -0.560. The second-order valence-corrected chi connectivity index (χ2v) is 5.46. The van der Waals surface area contributed by atoms with Crippen LogP contribution in [0.15, 0.2) is 0 Å². The number of rotatable bonds is 8. The van der Waals surface area contributed by atoms with E-state index in [1.54, 1.807) is 0 Å². The Kier molecular flexibility index (Phi) is 15.1. The molecule has 0 aromatic rings. The van der Waals surface area contributed by atoms with E-state index in [2.05, 4.69) is 22.6 Å². The lowest BCUT2D eigenvalue weighted by molar-refractivity contribution is -0.125. The van der Waals surface area contributed by atoms with Gasteiger partial charge in [0.05, 0.1) is 13.1 Å². The van der Waals surface area contributed by atoms with Crippen molar-refractivity contribution in [1.29, 1.82) is 0 Å². The lowest BCUT2D eigenvalue weighted by Crippen LogP contribution is -2.40. The zero-order chi connectivity index (χ0) is 14.8. The van der Waals surface area contributed by atoms with Gasteiger partial charge in [-0.3, -0.25) is 9.59 Å². The highest BCUT2D eigenvalue weighted by Crippen LogP contribution is 2.21. The lowest BCUT2D eigenvalue weighted by Gasteiger charge is -2.31. The third-order valence-electron chi connectivity index (χ3n) is 3.84. The second kappa shape index (κ2) is 14.1. The van der Waals surface area contributed by atoms with E-state index in [0.717, 1.165) is 13.0 Å². The second-order valence-electron chi connectivity index (χ2n) is 5.46. The molecule has 1 rings (SSSR count). The average Bonchev–Trinajstić information content (AvgIpc) is 2.49. The van der Waals surface area contributed by atoms with Crippen LogP contribution in [-0.2, 0) is 9.59 Å². The first-order valence-corrected chi connectivity index (χ1v) is 7.57. The molecule has 4 N–H and O–H groups in total. The number of hydrogen-bond donors (Lipinski definition) is 3. The van der Waals surface area contributed by atoms with Crippen molar-refractivity contribution in [3.8, 4) is 0 Å². The van der Waals surface area contributed by atoms with E-state index in [-0.39, 0.29) is 49.7 Å². The van der Waals surface area contributed by atoms with Crippen LogP contribution in [0, 0.1) is 0 Å². The molecular formula is C14H30Cl2N4O2. The molecule has 1 fully saturated rings. The molecule has 1 aliphatic rings. The SMILES string of the molecule is CN(CCCNC(=O)CNC(=O)CN)C1CCCCC1.Cl.Cl. The van der Waals surface area contributed by atoms with Gasteiger partial charge in [-0.05, 0) is 32.9 Å². The summed E-state index contributed by atoms with van der Waals surface area (Å²) in [7, 11) is 2.17. The van der Waals surface area contributed by atoms with E-state index < -0.39 is 0 Å². The first kappa shape index (κ1) is 23.7. The Bertz CT molecular complexity index is 313. The van der Waals surface area contributed by atoms with Gasteiger partial charge in [0.25, 0.3) is 0 Å². The largest absolute Gasteiger partial charge is 0.355 e. The van der Waals surface area contributed by atoms with Crippen LogP contribution in [0.2, 0.25) is 0 Å². The number of carbonyl (C=O) groups is 2. The predicted molar refractivity (Wildman–Crippen MR) is 93.7 cm³/mol. The van der Waals surface area contributed by atoms with E-state index in [9.17, 15) is 9.59 Å². The van der Waals surface area contributed by atoms with Crippen molar-refractivity contribution >= 4 is 36.6 Å².